The molecule has 0 N–H and O–H groups in total. The number of halogens is 2. The summed E-state index contributed by atoms with van der Waals surface area (Å²) in [5.41, 5.74) is 0.362. The summed E-state index contributed by atoms with van der Waals surface area (Å²) in [7, 11) is 0. The molecule has 0 fully saturated rings. The third-order valence-corrected chi connectivity index (χ3v) is 3.13. The minimum atomic E-state index is -2.54. The Hall–Kier alpha value is -2.50. The van der Waals surface area contributed by atoms with Gasteiger partial charge in [-0.05, 0) is 42.8 Å². The fourth-order valence-electron chi connectivity index (χ4n) is 2.10. The highest BCUT2D eigenvalue weighted by Gasteiger charge is 2.19. The van der Waals surface area contributed by atoms with E-state index in [1.54, 1.807) is 48.8 Å². The van der Waals surface area contributed by atoms with E-state index in [0.29, 0.717) is 30.0 Å². The highest BCUT2D eigenvalue weighted by Crippen LogP contribution is 2.21. The van der Waals surface area contributed by atoms with Crippen LogP contribution >= 0.6 is 0 Å². The molecule has 0 unspecified atom stereocenters. The van der Waals surface area contributed by atoms with Crippen molar-refractivity contribution in [1.82, 2.24) is 9.88 Å². The van der Waals surface area contributed by atoms with Crippen LogP contribution in [-0.4, -0.2) is 35.3 Å². The van der Waals surface area contributed by atoms with Gasteiger partial charge in [-0.25, -0.2) is 8.78 Å². The van der Waals surface area contributed by atoms with Crippen LogP contribution in [0.2, 0.25) is 0 Å². The first-order valence-electron chi connectivity index (χ1n) is 7.35. The van der Waals surface area contributed by atoms with Crippen molar-refractivity contribution < 1.29 is 18.3 Å². The van der Waals surface area contributed by atoms with Crippen LogP contribution < -0.4 is 4.74 Å². The molecule has 1 amide bonds. The largest absolute Gasteiger partial charge is 0.457 e. The zero-order valence-electron chi connectivity index (χ0n) is 12.8. The summed E-state index contributed by atoms with van der Waals surface area (Å²) in [6.07, 6.45) is 1.31. The number of carbonyl (C=O) groups is 1. The van der Waals surface area contributed by atoms with Crippen LogP contribution in [0.3, 0.4) is 0 Å². The molecule has 2 aromatic rings. The van der Waals surface area contributed by atoms with Crippen LogP contribution in [0.15, 0.2) is 48.8 Å². The molecule has 0 spiro atoms. The maximum atomic E-state index is 12.6. The lowest BCUT2D eigenvalue weighted by atomic mass is 10.2. The van der Waals surface area contributed by atoms with E-state index in [1.165, 1.54) is 4.90 Å². The number of alkyl halides is 2. The van der Waals surface area contributed by atoms with Crippen molar-refractivity contribution in [2.45, 2.75) is 19.8 Å². The average Bonchev–Trinajstić information content (AvgIpc) is 2.55. The topological polar surface area (TPSA) is 42.4 Å². The third kappa shape index (κ3) is 5.02. The van der Waals surface area contributed by atoms with Crippen molar-refractivity contribution >= 4 is 5.91 Å². The Morgan fingerprint density at radius 3 is 2.30 bits per heavy atom. The molecule has 2 rings (SSSR count). The summed E-state index contributed by atoms with van der Waals surface area (Å²) in [5.74, 6) is 0.788. The Bertz CT molecular complexity index is 618. The molecule has 1 aromatic heterocycles. The summed E-state index contributed by atoms with van der Waals surface area (Å²) in [5, 5.41) is 0. The summed E-state index contributed by atoms with van der Waals surface area (Å²) < 4.78 is 30.7. The molecular formula is C17H18F2N2O2. The van der Waals surface area contributed by atoms with Crippen LogP contribution in [0, 0.1) is 0 Å². The van der Waals surface area contributed by atoms with Gasteiger partial charge in [-0.1, -0.05) is 6.92 Å². The summed E-state index contributed by atoms with van der Waals surface area (Å²) in [6, 6.07) is 9.86. The standard InChI is InChI=1S/C17H18F2N2O2/c1-2-11-21(12-16(18)19)17(22)13-3-5-14(6-4-13)23-15-7-9-20-10-8-15/h3-10,16H,2,11-12H2,1H3. The van der Waals surface area contributed by atoms with Gasteiger partial charge in [0.1, 0.15) is 11.5 Å². The quantitative estimate of drug-likeness (QED) is 0.774. The maximum absolute atomic E-state index is 12.6. The number of hydrogen-bond donors (Lipinski definition) is 0. The Morgan fingerprint density at radius 2 is 1.74 bits per heavy atom. The van der Waals surface area contributed by atoms with Crippen LogP contribution in [0.1, 0.15) is 23.7 Å². The number of amides is 1. The van der Waals surface area contributed by atoms with E-state index in [2.05, 4.69) is 4.98 Å². The second kappa shape index (κ2) is 8.22. The molecule has 4 nitrogen and oxygen atoms in total. The molecule has 0 saturated heterocycles. The Labute approximate surface area is 133 Å². The first kappa shape index (κ1) is 16.9. The molecule has 0 aliphatic carbocycles. The fraction of sp³-hybridized carbons (Fsp3) is 0.294. The highest BCUT2D eigenvalue weighted by molar-refractivity contribution is 5.94. The Balaban J connectivity index is 2.06. The Morgan fingerprint density at radius 1 is 1.13 bits per heavy atom. The molecule has 0 bridgehead atoms. The predicted octanol–water partition coefficient (Wildman–Crippen LogP) is 3.99. The molecule has 1 heterocycles. The van der Waals surface area contributed by atoms with Gasteiger partial charge in [-0.3, -0.25) is 9.78 Å². The third-order valence-electron chi connectivity index (χ3n) is 3.13. The number of rotatable bonds is 7. The van der Waals surface area contributed by atoms with E-state index in [1.807, 2.05) is 6.92 Å². The second-order valence-electron chi connectivity index (χ2n) is 4.95. The predicted molar refractivity (Wildman–Crippen MR) is 83.0 cm³/mol. The number of ether oxygens (including phenoxy) is 1. The summed E-state index contributed by atoms with van der Waals surface area (Å²) >= 11 is 0. The minimum Gasteiger partial charge on any atom is -0.457 e. The lowest BCUT2D eigenvalue weighted by Crippen LogP contribution is -2.35. The van der Waals surface area contributed by atoms with Gasteiger partial charge in [0.05, 0.1) is 6.54 Å². The smallest absolute Gasteiger partial charge is 0.255 e. The fourth-order valence-corrected chi connectivity index (χ4v) is 2.10. The van der Waals surface area contributed by atoms with E-state index < -0.39 is 18.9 Å². The van der Waals surface area contributed by atoms with Gasteiger partial charge < -0.3 is 9.64 Å². The molecular weight excluding hydrogens is 302 g/mol. The van der Waals surface area contributed by atoms with Gasteiger partial charge >= 0.3 is 0 Å². The number of aromatic nitrogens is 1. The van der Waals surface area contributed by atoms with Crippen molar-refractivity contribution in [1.29, 1.82) is 0 Å². The van der Waals surface area contributed by atoms with E-state index in [0.717, 1.165) is 0 Å². The number of hydrogen-bond acceptors (Lipinski definition) is 3. The number of benzene rings is 1. The van der Waals surface area contributed by atoms with Gasteiger partial charge in [-0.15, -0.1) is 0 Å². The molecule has 0 atom stereocenters. The lowest BCUT2D eigenvalue weighted by Gasteiger charge is -2.21. The minimum absolute atomic E-state index is 0.304. The maximum Gasteiger partial charge on any atom is 0.255 e. The van der Waals surface area contributed by atoms with Gasteiger partial charge in [0.15, 0.2) is 0 Å². The summed E-state index contributed by atoms with van der Waals surface area (Å²) in [6.45, 7) is 1.60. The molecule has 6 heteroatoms. The zero-order valence-corrected chi connectivity index (χ0v) is 12.8. The molecule has 0 saturated carbocycles. The number of nitrogens with zero attached hydrogens (tertiary/aromatic N) is 2. The first-order chi connectivity index (χ1) is 11.1. The van der Waals surface area contributed by atoms with Crippen molar-refractivity contribution in [3.8, 4) is 11.5 Å². The normalized spacial score (nSPS) is 10.6. The van der Waals surface area contributed by atoms with Gasteiger partial charge in [-0.2, -0.15) is 0 Å². The van der Waals surface area contributed by atoms with Crippen molar-refractivity contribution in [2.75, 3.05) is 13.1 Å². The molecule has 1 aromatic carbocycles. The van der Waals surface area contributed by atoms with Crippen LogP contribution in [0.4, 0.5) is 8.78 Å². The van der Waals surface area contributed by atoms with E-state index in [4.69, 9.17) is 4.74 Å². The second-order valence-corrected chi connectivity index (χ2v) is 4.95. The Kier molecular flexibility index (Phi) is 6.02. The lowest BCUT2D eigenvalue weighted by molar-refractivity contribution is 0.0555. The summed E-state index contributed by atoms with van der Waals surface area (Å²) in [4.78, 5) is 17.3. The van der Waals surface area contributed by atoms with E-state index >= 15 is 0 Å². The van der Waals surface area contributed by atoms with Crippen LogP contribution in [-0.2, 0) is 0 Å². The van der Waals surface area contributed by atoms with E-state index in [-0.39, 0.29) is 0 Å². The highest BCUT2D eigenvalue weighted by atomic mass is 19.3. The van der Waals surface area contributed by atoms with E-state index in [9.17, 15) is 13.6 Å². The van der Waals surface area contributed by atoms with Gasteiger partial charge in [0.25, 0.3) is 12.3 Å². The van der Waals surface area contributed by atoms with Crippen LogP contribution in [0.25, 0.3) is 0 Å². The van der Waals surface area contributed by atoms with Crippen molar-refractivity contribution in [3.63, 3.8) is 0 Å². The number of pyridine rings is 1. The van der Waals surface area contributed by atoms with Gasteiger partial charge in [0.2, 0.25) is 0 Å². The van der Waals surface area contributed by atoms with Gasteiger partial charge in [0, 0.05) is 24.5 Å². The molecule has 0 aliphatic heterocycles. The average molecular weight is 320 g/mol. The monoisotopic (exact) mass is 320 g/mol. The van der Waals surface area contributed by atoms with Crippen molar-refractivity contribution in [3.05, 3.63) is 54.4 Å². The van der Waals surface area contributed by atoms with Crippen molar-refractivity contribution in [2.24, 2.45) is 0 Å². The molecule has 23 heavy (non-hydrogen) atoms. The van der Waals surface area contributed by atoms with Crippen LogP contribution in [0.5, 0.6) is 11.5 Å². The first-order valence-corrected chi connectivity index (χ1v) is 7.35. The molecule has 0 radical (unpaired) electrons. The SMILES string of the molecule is CCCN(CC(F)F)C(=O)c1ccc(Oc2ccncc2)cc1. The number of carbonyl (C=O) groups excluding carboxylic acids is 1. The molecule has 0 aliphatic rings. The molecule has 122 valence electrons. The zero-order chi connectivity index (χ0) is 16.7.